The summed E-state index contributed by atoms with van der Waals surface area (Å²) in [5.41, 5.74) is 5.31. The molecule has 0 saturated heterocycles. The van der Waals surface area contributed by atoms with Gasteiger partial charge in [0.2, 0.25) is 0 Å². The maximum Gasteiger partial charge on any atom is 0.472 e. The highest BCUT2D eigenvalue weighted by atomic mass is 31.2. The molecule has 0 radical (unpaired) electrons. The summed E-state index contributed by atoms with van der Waals surface area (Å²) in [6, 6.07) is -1.54. The van der Waals surface area contributed by atoms with Crippen molar-refractivity contribution in [3.8, 4) is 0 Å². The molecule has 5 N–H and O–H groups in total. The number of carbonyl (C=O) groups is 3. The van der Waals surface area contributed by atoms with E-state index < -0.39 is 63.8 Å². The lowest BCUT2D eigenvalue weighted by molar-refractivity contribution is -0.161. The third-order valence-electron chi connectivity index (χ3n) is 8.05. The molecular formula is C42H70NO11P. The number of allylic oxidation sites excluding steroid dienone is 11. The Balaban J connectivity index is 4.54. The van der Waals surface area contributed by atoms with E-state index in [4.69, 9.17) is 24.8 Å². The topological polar surface area (TPSA) is 192 Å². The zero-order chi connectivity index (χ0) is 40.8. The average Bonchev–Trinajstić information content (AvgIpc) is 3.15. The fraction of sp³-hybridized carbons (Fsp3) is 0.643. The number of aliphatic hydroxyl groups excluding tert-OH is 1. The van der Waals surface area contributed by atoms with E-state index in [2.05, 4.69) is 67.0 Å². The normalized spacial score (nSPS) is 15.1. The number of rotatable bonds is 36. The lowest BCUT2D eigenvalue weighted by atomic mass is 10.1. The molecule has 0 bridgehead atoms. The van der Waals surface area contributed by atoms with Crippen LogP contribution in [0.4, 0.5) is 0 Å². The van der Waals surface area contributed by atoms with Gasteiger partial charge in [-0.15, -0.1) is 0 Å². The van der Waals surface area contributed by atoms with Gasteiger partial charge in [-0.2, -0.15) is 0 Å². The number of carbonyl (C=O) groups excluding carboxylic acids is 2. The summed E-state index contributed by atoms with van der Waals surface area (Å²) in [5, 5.41) is 19.0. The highest BCUT2D eigenvalue weighted by Crippen LogP contribution is 2.43. The number of phosphoric acid groups is 1. The Morgan fingerprint density at radius 1 is 0.655 bits per heavy atom. The number of ether oxygens (including phenoxy) is 2. The monoisotopic (exact) mass is 795 g/mol. The lowest BCUT2D eigenvalue weighted by Gasteiger charge is -2.20. The fourth-order valence-electron chi connectivity index (χ4n) is 4.91. The third kappa shape index (κ3) is 36.3. The Kier molecular flexibility index (Phi) is 34.4. The van der Waals surface area contributed by atoms with Gasteiger partial charge in [0.05, 0.1) is 19.3 Å². The van der Waals surface area contributed by atoms with Crippen LogP contribution in [-0.2, 0) is 37.5 Å². The van der Waals surface area contributed by atoms with E-state index in [1.54, 1.807) is 6.08 Å². The van der Waals surface area contributed by atoms with Crippen molar-refractivity contribution in [1.82, 2.24) is 0 Å². The number of nitrogens with two attached hydrogens (primary N) is 1. The molecule has 0 aromatic carbocycles. The van der Waals surface area contributed by atoms with Crippen LogP contribution < -0.4 is 5.73 Å². The summed E-state index contributed by atoms with van der Waals surface area (Å²) in [6.45, 7) is 2.41. The van der Waals surface area contributed by atoms with Gasteiger partial charge in [0.1, 0.15) is 12.6 Å². The Labute approximate surface area is 330 Å². The van der Waals surface area contributed by atoms with Crippen LogP contribution in [0.3, 0.4) is 0 Å². The zero-order valence-electron chi connectivity index (χ0n) is 33.3. The number of aliphatic carboxylic acids is 1. The van der Waals surface area contributed by atoms with Crippen molar-refractivity contribution in [2.45, 2.75) is 154 Å². The van der Waals surface area contributed by atoms with E-state index in [-0.39, 0.29) is 12.8 Å². The van der Waals surface area contributed by atoms with Crippen molar-refractivity contribution < 1.29 is 52.6 Å². The minimum Gasteiger partial charge on any atom is -0.480 e. The second-order valence-electron chi connectivity index (χ2n) is 13.2. The molecule has 0 aromatic heterocycles. The fourth-order valence-corrected chi connectivity index (χ4v) is 5.69. The van der Waals surface area contributed by atoms with Crippen LogP contribution >= 0.6 is 7.82 Å². The lowest BCUT2D eigenvalue weighted by Crippen LogP contribution is -2.34. The van der Waals surface area contributed by atoms with Gasteiger partial charge in [0.15, 0.2) is 6.10 Å². The van der Waals surface area contributed by atoms with Crippen molar-refractivity contribution in [2.24, 2.45) is 5.73 Å². The summed E-state index contributed by atoms with van der Waals surface area (Å²) >= 11 is 0. The largest absolute Gasteiger partial charge is 0.480 e. The number of aliphatic hydroxyl groups is 1. The number of hydrogen-bond donors (Lipinski definition) is 4. The van der Waals surface area contributed by atoms with E-state index in [9.17, 15) is 28.9 Å². The van der Waals surface area contributed by atoms with Crippen LogP contribution in [0.1, 0.15) is 136 Å². The standard InChI is InChI=1S/C42H70NO11P/c1-3-5-7-9-11-12-13-14-15-16-17-18-20-24-29-33-41(46)54-38(35-52-55(49,50)53-36-39(43)42(47)48)34-51-40(45)32-28-25-21-23-27-31-37(44)30-26-22-19-10-8-6-4-2/h5-8,11-12,14-15,19,22,26,30,37-39,44H,3-4,9-10,13,16-18,20-21,23-25,27-29,31-36,43H2,1-2H3,(H,47,48)(H,49,50)/b7-5-,8-6+,12-11-,15-14-,22-19+,30-26+/t37?,38-,39+/m1/s1. The Bertz CT molecular complexity index is 1230. The first-order valence-corrected chi connectivity index (χ1v) is 21.6. The van der Waals surface area contributed by atoms with E-state index in [0.717, 1.165) is 89.9 Å². The maximum absolute atomic E-state index is 12.6. The van der Waals surface area contributed by atoms with Crippen molar-refractivity contribution >= 4 is 25.7 Å². The molecule has 4 atom stereocenters. The molecule has 0 aliphatic carbocycles. The number of esters is 2. The highest BCUT2D eigenvalue weighted by molar-refractivity contribution is 7.47. The quantitative estimate of drug-likeness (QED) is 0.0155. The first-order chi connectivity index (χ1) is 26.5. The molecule has 0 heterocycles. The predicted octanol–water partition coefficient (Wildman–Crippen LogP) is 9.14. The third-order valence-corrected chi connectivity index (χ3v) is 9.00. The van der Waals surface area contributed by atoms with Gasteiger partial charge in [0.25, 0.3) is 0 Å². The van der Waals surface area contributed by atoms with E-state index in [1.165, 1.54) is 0 Å². The van der Waals surface area contributed by atoms with Crippen LogP contribution in [0.15, 0.2) is 72.9 Å². The summed E-state index contributed by atoms with van der Waals surface area (Å²) in [7, 11) is -4.74. The van der Waals surface area contributed by atoms with E-state index >= 15 is 0 Å². The van der Waals surface area contributed by atoms with Crippen LogP contribution in [0.5, 0.6) is 0 Å². The molecule has 0 aliphatic rings. The number of carboxylic acid groups (broad SMARTS) is 1. The van der Waals surface area contributed by atoms with Crippen molar-refractivity contribution in [3.63, 3.8) is 0 Å². The molecule has 0 rings (SSSR count). The van der Waals surface area contributed by atoms with Gasteiger partial charge < -0.3 is 30.3 Å². The van der Waals surface area contributed by atoms with Crippen LogP contribution in [-0.4, -0.2) is 71.1 Å². The Morgan fingerprint density at radius 3 is 1.82 bits per heavy atom. The number of carboxylic acids is 1. The molecule has 314 valence electrons. The maximum atomic E-state index is 12.6. The number of unbranched alkanes of at least 4 members (excludes halogenated alkanes) is 9. The molecule has 0 aliphatic heterocycles. The van der Waals surface area contributed by atoms with Crippen LogP contribution in [0.2, 0.25) is 0 Å². The number of hydrogen-bond acceptors (Lipinski definition) is 10. The molecule has 0 saturated carbocycles. The van der Waals surface area contributed by atoms with Gasteiger partial charge >= 0.3 is 25.7 Å². The first kappa shape index (κ1) is 51.9. The smallest absolute Gasteiger partial charge is 0.472 e. The second-order valence-corrected chi connectivity index (χ2v) is 14.7. The summed E-state index contributed by atoms with van der Waals surface area (Å²) < 4.78 is 32.5. The Morgan fingerprint density at radius 2 is 1.18 bits per heavy atom. The zero-order valence-corrected chi connectivity index (χ0v) is 34.2. The summed E-state index contributed by atoms with van der Waals surface area (Å²) in [5.74, 6) is -2.50. The molecule has 0 aromatic rings. The van der Waals surface area contributed by atoms with E-state index in [1.807, 2.05) is 18.2 Å². The molecule has 0 fully saturated rings. The average molecular weight is 796 g/mol. The van der Waals surface area contributed by atoms with Crippen LogP contribution in [0.25, 0.3) is 0 Å². The molecule has 13 heteroatoms. The summed E-state index contributed by atoms with van der Waals surface area (Å²) in [6.07, 6.45) is 38.5. The van der Waals surface area contributed by atoms with Crippen molar-refractivity contribution in [3.05, 3.63) is 72.9 Å². The van der Waals surface area contributed by atoms with Crippen LogP contribution in [0, 0.1) is 0 Å². The van der Waals surface area contributed by atoms with E-state index in [0.29, 0.717) is 19.3 Å². The number of phosphoric ester groups is 1. The van der Waals surface area contributed by atoms with Gasteiger partial charge in [-0.3, -0.25) is 23.4 Å². The SMILES string of the molecule is CC/C=C\C/C=C\C/C=C\CCCCCCCC(=O)O[C@H](COC(=O)CCCCCCCC(O)/C=C/C=C/C/C=C/CC)COP(=O)(O)OC[C@H](N)C(=O)O. The van der Waals surface area contributed by atoms with Crippen molar-refractivity contribution in [1.29, 1.82) is 0 Å². The molecule has 12 nitrogen and oxygen atoms in total. The second kappa shape index (κ2) is 36.5. The molecule has 0 spiro atoms. The summed E-state index contributed by atoms with van der Waals surface area (Å²) in [4.78, 5) is 45.9. The molecular weight excluding hydrogens is 725 g/mol. The minimum absolute atomic E-state index is 0.117. The molecule has 55 heavy (non-hydrogen) atoms. The highest BCUT2D eigenvalue weighted by Gasteiger charge is 2.28. The first-order valence-electron chi connectivity index (χ1n) is 20.1. The minimum atomic E-state index is -4.74. The molecule has 2 unspecified atom stereocenters. The van der Waals surface area contributed by atoms with Gasteiger partial charge in [0, 0.05) is 12.8 Å². The Hall–Kier alpha value is -3.12. The van der Waals surface area contributed by atoms with Crippen molar-refractivity contribution in [2.75, 3.05) is 19.8 Å². The van der Waals surface area contributed by atoms with Gasteiger partial charge in [-0.05, 0) is 64.2 Å². The molecule has 0 amide bonds. The van der Waals surface area contributed by atoms with Gasteiger partial charge in [-0.1, -0.05) is 132 Å². The predicted molar refractivity (Wildman–Crippen MR) is 218 cm³/mol. The van der Waals surface area contributed by atoms with Gasteiger partial charge in [-0.25, -0.2) is 4.57 Å².